The normalized spacial score (nSPS) is 14.2. The maximum atomic E-state index is 13.1. The average molecular weight is 492 g/mol. The number of benzene rings is 3. The summed E-state index contributed by atoms with van der Waals surface area (Å²) in [5.41, 5.74) is 3.62. The maximum Gasteiger partial charge on any atom is 0.243 e. The lowest BCUT2D eigenvalue weighted by Crippen LogP contribution is -2.30. The molecule has 1 aliphatic rings. The minimum atomic E-state index is -3.57. The van der Waals surface area contributed by atoms with Gasteiger partial charge in [-0.25, -0.2) is 8.42 Å². The van der Waals surface area contributed by atoms with Gasteiger partial charge in [-0.15, -0.1) is 0 Å². The Kier molecular flexibility index (Phi) is 8.21. The molecule has 3 aromatic carbocycles. The minimum Gasteiger partial charge on any atom is -0.489 e. The van der Waals surface area contributed by atoms with Crippen LogP contribution in [0.5, 0.6) is 5.75 Å². The molecule has 0 radical (unpaired) electrons. The lowest BCUT2D eigenvalue weighted by atomic mass is 10.2. The number of anilines is 1. The van der Waals surface area contributed by atoms with Gasteiger partial charge in [0.1, 0.15) is 12.4 Å². The molecule has 1 fully saturated rings. The Morgan fingerprint density at radius 2 is 1.69 bits per heavy atom. The minimum absolute atomic E-state index is 0.274. The second-order valence-electron chi connectivity index (χ2n) is 8.54. The molecular weight excluding hydrogens is 458 g/mol. The van der Waals surface area contributed by atoms with Crippen LogP contribution in [-0.4, -0.2) is 45.1 Å². The van der Waals surface area contributed by atoms with E-state index in [-0.39, 0.29) is 4.90 Å². The quantitative estimate of drug-likeness (QED) is 0.344. The molecule has 1 saturated heterocycles. The monoisotopic (exact) mass is 491 g/mol. The van der Waals surface area contributed by atoms with E-state index in [0.29, 0.717) is 25.4 Å². The lowest BCUT2D eigenvalue weighted by molar-refractivity contribution is 0.306. The molecule has 0 atom stereocenters. The standard InChI is InChI=1S/C28H33N3O3S/c1-3-31(4-2)35(32,33)26-15-16-28(30-17-8-9-18-30)27(20-26)29-21-24-13-10-14-25(19-24)34-22-23-11-6-5-7-12-23/h5-7,10-16,19-21H,3-4,8-9,17-18,22H2,1-2H3. The number of aliphatic imine (C=N–C) groups is 1. The number of hydrogen-bond acceptors (Lipinski definition) is 5. The largest absolute Gasteiger partial charge is 0.489 e. The Labute approximate surface area is 208 Å². The van der Waals surface area contributed by atoms with E-state index in [9.17, 15) is 8.42 Å². The molecule has 0 bridgehead atoms. The summed E-state index contributed by atoms with van der Waals surface area (Å²) in [6.45, 7) is 6.96. The molecule has 0 aromatic heterocycles. The van der Waals surface area contributed by atoms with E-state index in [1.54, 1.807) is 18.3 Å². The Hall–Kier alpha value is -3.16. The molecule has 3 aromatic rings. The van der Waals surface area contributed by atoms with E-state index in [0.717, 1.165) is 48.5 Å². The van der Waals surface area contributed by atoms with Crippen molar-refractivity contribution >= 4 is 27.6 Å². The third kappa shape index (κ3) is 6.10. The summed E-state index contributed by atoms with van der Waals surface area (Å²) in [6, 6.07) is 23.1. The van der Waals surface area contributed by atoms with E-state index >= 15 is 0 Å². The molecule has 0 aliphatic carbocycles. The number of sulfonamides is 1. The van der Waals surface area contributed by atoms with Crippen LogP contribution in [0, 0.1) is 0 Å². The van der Waals surface area contributed by atoms with Gasteiger partial charge in [0, 0.05) is 32.4 Å². The zero-order chi connectivity index (χ0) is 24.7. The van der Waals surface area contributed by atoms with E-state index in [1.807, 2.05) is 74.5 Å². The molecule has 0 amide bonds. The first-order valence-corrected chi connectivity index (χ1v) is 13.6. The Morgan fingerprint density at radius 1 is 0.943 bits per heavy atom. The fraction of sp³-hybridized carbons (Fsp3) is 0.321. The van der Waals surface area contributed by atoms with Gasteiger partial charge in [0.25, 0.3) is 0 Å². The van der Waals surface area contributed by atoms with E-state index in [2.05, 4.69) is 4.90 Å². The SMILES string of the molecule is CCN(CC)S(=O)(=O)c1ccc(N2CCCC2)c(N=Cc2cccc(OCc3ccccc3)c2)c1. The molecule has 184 valence electrons. The van der Waals surface area contributed by atoms with Crippen molar-refractivity contribution in [2.45, 2.75) is 38.2 Å². The van der Waals surface area contributed by atoms with E-state index < -0.39 is 10.0 Å². The molecular formula is C28H33N3O3S. The van der Waals surface area contributed by atoms with Crippen LogP contribution in [0.15, 0.2) is 82.7 Å². The summed E-state index contributed by atoms with van der Waals surface area (Å²) in [6.07, 6.45) is 4.03. The van der Waals surface area contributed by atoms with Gasteiger partial charge in [-0.3, -0.25) is 4.99 Å². The van der Waals surface area contributed by atoms with E-state index in [1.165, 1.54) is 4.31 Å². The smallest absolute Gasteiger partial charge is 0.243 e. The number of nitrogens with zero attached hydrogens (tertiary/aromatic N) is 3. The van der Waals surface area contributed by atoms with Crippen molar-refractivity contribution in [1.82, 2.24) is 4.31 Å². The van der Waals surface area contributed by atoms with Gasteiger partial charge in [-0.2, -0.15) is 4.31 Å². The van der Waals surface area contributed by atoms with Gasteiger partial charge >= 0.3 is 0 Å². The van der Waals surface area contributed by atoms with Crippen LogP contribution in [0.4, 0.5) is 11.4 Å². The summed E-state index contributed by atoms with van der Waals surface area (Å²) < 4.78 is 33.7. The van der Waals surface area contributed by atoms with Gasteiger partial charge in [0.05, 0.1) is 16.3 Å². The molecule has 35 heavy (non-hydrogen) atoms. The van der Waals surface area contributed by atoms with Crippen LogP contribution in [0.3, 0.4) is 0 Å². The first-order chi connectivity index (χ1) is 17.0. The highest BCUT2D eigenvalue weighted by Crippen LogP contribution is 2.34. The fourth-order valence-corrected chi connectivity index (χ4v) is 5.75. The Balaban J connectivity index is 1.61. The van der Waals surface area contributed by atoms with Crippen molar-refractivity contribution in [3.8, 4) is 5.75 Å². The zero-order valence-corrected chi connectivity index (χ0v) is 21.2. The van der Waals surface area contributed by atoms with Crippen LogP contribution < -0.4 is 9.64 Å². The molecule has 6 nitrogen and oxygen atoms in total. The number of rotatable bonds is 10. The van der Waals surface area contributed by atoms with Gasteiger partial charge < -0.3 is 9.64 Å². The first kappa shape index (κ1) is 24.9. The second-order valence-corrected chi connectivity index (χ2v) is 10.5. The van der Waals surface area contributed by atoms with Gasteiger partial charge in [-0.1, -0.05) is 56.3 Å². The van der Waals surface area contributed by atoms with E-state index in [4.69, 9.17) is 9.73 Å². The van der Waals surface area contributed by atoms with Crippen LogP contribution in [0.2, 0.25) is 0 Å². The first-order valence-electron chi connectivity index (χ1n) is 12.2. The molecule has 1 aliphatic heterocycles. The molecule has 1 heterocycles. The lowest BCUT2D eigenvalue weighted by Gasteiger charge is -2.22. The summed E-state index contributed by atoms with van der Waals surface area (Å²) >= 11 is 0. The summed E-state index contributed by atoms with van der Waals surface area (Å²) in [5.74, 6) is 0.760. The predicted octanol–water partition coefficient (Wildman–Crippen LogP) is 5.65. The molecule has 0 saturated carbocycles. The maximum absolute atomic E-state index is 13.1. The Bertz CT molecular complexity index is 1250. The van der Waals surface area contributed by atoms with Crippen molar-refractivity contribution < 1.29 is 13.2 Å². The van der Waals surface area contributed by atoms with Gasteiger partial charge in [0.2, 0.25) is 10.0 Å². The van der Waals surface area contributed by atoms with Crippen LogP contribution in [0.1, 0.15) is 37.8 Å². The van der Waals surface area contributed by atoms with Crippen LogP contribution >= 0.6 is 0 Å². The highest BCUT2D eigenvalue weighted by atomic mass is 32.2. The molecule has 7 heteroatoms. The topological polar surface area (TPSA) is 62.2 Å². The van der Waals surface area contributed by atoms with Gasteiger partial charge in [0.15, 0.2) is 0 Å². The summed E-state index contributed by atoms with van der Waals surface area (Å²) in [4.78, 5) is 7.31. The van der Waals surface area contributed by atoms with Crippen molar-refractivity contribution in [3.63, 3.8) is 0 Å². The summed E-state index contributed by atoms with van der Waals surface area (Å²) in [5, 5.41) is 0. The predicted molar refractivity (Wildman–Crippen MR) is 142 cm³/mol. The van der Waals surface area contributed by atoms with Gasteiger partial charge in [-0.05, 0) is 54.3 Å². The molecule has 4 rings (SSSR count). The fourth-order valence-electron chi connectivity index (χ4n) is 4.27. The molecule has 0 unspecified atom stereocenters. The average Bonchev–Trinajstić information content (AvgIpc) is 3.42. The van der Waals surface area contributed by atoms with Crippen molar-refractivity contribution in [3.05, 3.63) is 83.9 Å². The number of hydrogen-bond donors (Lipinski definition) is 0. The third-order valence-corrected chi connectivity index (χ3v) is 8.24. The molecule has 0 N–H and O–H groups in total. The third-order valence-electron chi connectivity index (χ3n) is 6.20. The van der Waals surface area contributed by atoms with Crippen molar-refractivity contribution in [1.29, 1.82) is 0 Å². The molecule has 0 spiro atoms. The Morgan fingerprint density at radius 3 is 2.40 bits per heavy atom. The summed E-state index contributed by atoms with van der Waals surface area (Å²) in [7, 11) is -3.57. The highest BCUT2D eigenvalue weighted by Gasteiger charge is 2.24. The van der Waals surface area contributed by atoms with Crippen molar-refractivity contribution in [2.24, 2.45) is 4.99 Å². The zero-order valence-electron chi connectivity index (χ0n) is 20.4. The van der Waals surface area contributed by atoms with Crippen LogP contribution in [-0.2, 0) is 16.6 Å². The number of ether oxygens (including phenoxy) is 1. The van der Waals surface area contributed by atoms with Crippen molar-refractivity contribution in [2.75, 3.05) is 31.1 Å². The highest BCUT2D eigenvalue weighted by molar-refractivity contribution is 7.89. The second kappa shape index (κ2) is 11.5. The van der Waals surface area contributed by atoms with Crippen LogP contribution in [0.25, 0.3) is 0 Å².